The number of pyridine rings is 1. The van der Waals surface area contributed by atoms with Crippen molar-refractivity contribution in [2.75, 3.05) is 13.7 Å². The molecule has 0 saturated heterocycles. The Morgan fingerprint density at radius 1 is 1.30 bits per heavy atom. The fourth-order valence-electron chi connectivity index (χ4n) is 3.47. The van der Waals surface area contributed by atoms with Crippen LogP contribution in [-0.2, 0) is 16.1 Å². The average Bonchev–Trinajstić information content (AvgIpc) is 3.05. The van der Waals surface area contributed by atoms with E-state index in [1.165, 1.54) is 7.11 Å². The van der Waals surface area contributed by atoms with Gasteiger partial charge in [0.15, 0.2) is 6.61 Å². The zero-order valence-electron chi connectivity index (χ0n) is 18.8. The Balaban J connectivity index is 1.67. The van der Waals surface area contributed by atoms with Crippen LogP contribution in [0.3, 0.4) is 0 Å². The molecule has 0 atom stereocenters. The Morgan fingerprint density at radius 2 is 2.06 bits per heavy atom. The number of carbonyl (C=O) groups excluding carboxylic acids is 1. The van der Waals surface area contributed by atoms with E-state index in [9.17, 15) is 10.1 Å². The molecule has 0 spiro atoms. The summed E-state index contributed by atoms with van der Waals surface area (Å²) in [5.74, 6) is -0.390. The van der Waals surface area contributed by atoms with E-state index in [0.717, 1.165) is 22.6 Å². The Hall–Kier alpha value is -3.67. The van der Waals surface area contributed by atoms with Gasteiger partial charge in [0, 0.05) is 35.3 Å². The van der Waals surface area contributed by atoms with Crippen molar-refractivity contribution in [1.82, 2.24) is 15.0 Å². The lowest BCUT2D eigenvalue weighted by molar-refractivity contribution is -0.123. The lowest BCUT2D eigenvalue weighted by Crippen LogP contribution is -2.25. The third kappa shape index (κ3) is 5.58. The number of methoxy groups -OCH3 is 1. The standard InChI is InChI=1S/C24H24ClN5O3/c1-15-9-19(13-32-4)20(11-26)24(28-15)33-14-23(31)29-27-12-18-10-16(2)30(17(18)3)22-8-6-5-7-21(22)25/h5-10,12H,13-14H2,1-4H3,(H,29,31)/b27-12-. The molecular weight excluding hydrogens is 442 g/mol. The Morgan fingerprint density at radius 3 is 2.76 bits per heavy atom. The number of hydrogen-bond donors (Lipinski definition) is 1. The van der Waals surface area contributed by atoms with Gasteiger partial charge in [-0.2, -0.15) is 10.4 Å². The number of hydrogen-bond acceptors (Lipinski definition) is 6. The molecule has 0 bridgehead atoms. The summed E-state index contributed by atoms with van der Waals surface area (Å²) in [6.07, 6.45) is 1.57. The second-order valence-corrected chi connectivity index (χ2v) is 7.75. The monoisotopic (exact) mass is 465 g/mol. The molecule has 1 aromatic carbocycles. The van der Waals surface area contributed by atoms with Gasteiger partial charge >= 0.3 is 0 Å². The van der Waals surface area contributed by atoms with Crippen LogP contribution in [0, 0.1) is 32.1 Å². The number of ether oxygens (including phenoxy) is 2. The van der Waals surface area contributed by atoms with E-state index in [1.54, 1.807) is 19.2 Å². The highest BCUT2D eigenvalue weighted by atomic mass is 35.5. The largest absolute Gasteiger partial charge is 0.467 e. The number of para-hydroxylation sites is 1. The summed E-state index contributed by atoms with van der Waals surface area (Å²) in [5.41, 5.74) is 7.61. The summed E-state index contributed by atoms with van der Waals surface area (Å²) in [6.45, 7) is 5.60. The van der Waals surface area contributed by atoms with E-state index < -0.39 is 5.91 Å². The molecule has 0 unspecified atom stereocenters. The molecule has 0 radical (unpaired) electrons. The molecule has 0 fully saturated rings. The smallest absolute Gasteiger partial charge is 0.278 e. The highest BCUT2D eigenvalue weighted by Crippen LogP contribution is 2.25. The van der Waals surface area contributed by atoms with Crippen molar-refractivity contribution in [3.8, 4) is 17.6 Å². The molecule has 3 rings (SSSR count). The Kier molecular flexibility index (Phi) is 7.83. The van der Waals surface area contributed by atoms with Crippen LogP contribution < -0.4 is 10.2 Å². The minimum atomic E-state index is -0.480. The maximum atomic E-state index is 12.2. The van der Waals surface area contributed by atoms with Gasteiger partial charge in [0.2, 0.25) is 5.88 Å². The van der Waals surface area contributed by atoms with E-state index in [2.05, 4.69) is 21.6 Å². The van der Waals surface area contributed by atoms with Gasteiger partial charge in [-0.15, -0.1) is 0 Å². The Bertz CT molecular complexity index is 1240. The first-order chi connectivity index (χ1) is 15.8. The average molecular weight is 466 g/mol. The molecule has 0 aliphatic heterocycles. The molecule has 1 amide bonds. The maximum Gasteiger partial charge on any atom is 0.278 e. The molecular formula is C24H24ClN5O3. The molecule has 170 valence electrons. The highest BCUT2D eigenvalue weighted by Gasteiger charge is 2.15. The number of carbonyl (C=O) groups is 1. The number of benzene rings is 1. The zero-order chi connectivity index (χ0) is 24.0. The van der Waals surface area contributed by atoms with E-state index in [0.29, 0.717) is 16.3 Å². The highest BCUT2D eigenvalue weighted by molar-refractivity contribution is 6.32. The molecule has 2 aromatic heterocycles. The first-order valence-corrected chi connectivity index (χ1v) is 10.5. The minimum Gasteiger partial charge on any atom is -0.467 e. The first-order valence-electron chi connectivity index (χ1n) is 10.1. The number of hydrazone groups is 1. The van der Waals surface area contributed by atoms with Crippen LogP contribution in [0.1, 0.15) is 33.8 Å². The SMILES string of the molecule is COCc1cc(C)nc(OCC(=O)N/N=C\c2cc(C)n(-c3ccccc3Cl)c2C)c1C#N. The first kappa shape index (κ1) is 24.0. The quantitative estimate of drug-likeness (QED) is 0.400. The van der Waals surface area contributed by atoms with E-state index >= 15 is 0 Å². The van der Waals surface area contributed by atoms with Gasteiger partial charge < -0.3 is 14.0 Å². The van der Waals surface area contributed by atoms with Crippen molar-refractivity contribution in [2.45, 2.75) is 27.4 Å². The second kappa shape index (κ2) is 10.8. The van der Waals surface area contributed by atoms with Gasteiger partial charge in [-0.25, -0.2) is 10.4 Å². The lowest BCUT2D eigenvalue weighted by Gasteiger charge is -2.11. The van der Waals surface area contributed by atoms with Gasteiger partial charge in [-0.3, -0.25) is 4.79 Å². The number of halogens is 1. The molecule has 0 aliphatic carbocycles. The van der Waals surface area contributed by atoms with Gasteiger partial charge in [0.1, 0.15) is 11.6 Å². The molecule has 0 aliphatic rings. The number of nitrogens with one attached hydrogen (secondary N) is 1. The summed E-state index contributed by atoms with van der Waals surface area (Å²) < 4.78 is 12.6. The van der Waals surface area contributed by atoms with Gasteiger partial charge in [0.25, 0.3) is 5.91 Å². The number of amides is 1. The van der Waals surface area contributed by atoms with Crippen molar-refractivity contribution in [3.05, 3.63) is 75.2 Å². The van der Waals surface area contributed by atoms with E-state index in [1.807, 2.05) is 48.7 Å². The van der Waals surface area contributed by atoms with Crippen LogP contribution in [-0.4, -0.2) is 35.4 Å². The number of nitriles is 1. The normalized spacial score (nSPS) is 10.9. The second-order valence-electron chi connectivity index (χ2n) is 7.34. The lowest BCUT2D eigenvalue weighted by atomic mass is 10.1. The topological polar surface area (TPSA) is 102 Å². The summed E-state index contributed by atoms with van der Waals surface area (Å²) in [4.78, 5) is 16.4. The van der Waals surface area contributed by atoms with Crippen molar-refractivity contribution in [1.29, 1.82) is 5.26 Å². The van der Waals surface area contributed by atoms with Crippen molar-refractivity contribution < 1.29 is 14.3 Å². The maximum absolute atomic E-state index is 12.2. The molecule has 8 nitrogen and oxygen atoms in total. The predicted octanol–water partition coefficient (Wildman–Crippen LogP) is 4.00. The molecule has 2 heterocycles. The van der Waals surface area contributed by atoms with Crippen molar-refractivity contribution >= 4 is 23.7 Å². The van der Waals surface area contributed by atoms with Gasteiger partial charge in [-0.1, -0.05) is 23.7 Å². The number of rotatable bonds is 8. The summed E-state index contributed by atoms with van der Waals surface area (Å²) in [6, 6.07) is 13.3. The van der Waals surface area contributed by atoms with Crippen LogP contribution in [0.25, 0.3) is 5.69 Å². The summed E-state index contributed by atoms with van der Waals surface area (Å²) in [7, 11) is 1.54. The molecule has 3 aromatic rings. The molecule has 1 N–H and O–H groups in total. The van der Waals surface area contributed by atoms with E-state index in [-0.39, 0.29) is 24.7 Å². The number of aryl methyl sites for hydroxylation is 2. The van der Waals surface area contributed by atoms with E-state index in [4.69, 9.17) is 21.1 Å². The number of nitrogens with zero attached hydrogens (tertiary/aromatic N) is 4. The third-order valence-corrected chi connectivity index (χ3v) is 5.22. The predicted molar refractivity (Wildman–Crippen MR) is 126 cm³/mol. The molecule has 9 heteroatoms. The fourth-order valence-corrected chi connectivity index (χ4v) is 3.69. The fraction of sp³-hybridized carbons (Fsp3) is 0.250. The summed E-state index contributed by atoms with van der Waals surface area (Å²) in [5, 5.41) is 14.1. The third-order valence-electron chi connectivity index (χ3n) is 4.90. The van der Waals surface area contributed by atoms with Gasteiger partial charge in [-0.05, 0) is 45.0 Å². The Labute approximate surface area is 197 Å². The van der Waals surface area contributed by atoms with Crippen LogP contribution in [0.2, 0.25) is 5.02 Å². The van der Waals surface area contributed by atoms with Crippen LogP contribution >= 0.6 is 11.6 Å². The van der Waals surface area contributed by atoms with Crippen LogP contribution in [0.4, 0.5) is 0 Å². The minimum absolute atomic E-state index is 0.0898. The van der Waals surface area contributed by atoms with Crippen molar-refractivity contribution in [3.63, 3.8) is 0 Å². The zero-order valence-corrected chi connectivity index (χ0v) is 19.6. The molecule has 33 heavy (non-hydrogen) atoms. The number of aromatic nitrogens is 2. The van der Waals surface area contributed by atoms with Crippen LogP contribution in [0.15, 0.2) is 41.5 Å². The molecule has 0 saturated carbocycles. The van der Waals surface area contributed by atoms with Crippen molar-refractivity contribution in [2.24, 2.45) is 5.10 Å². The summed E-state index contributed by atoms with van der Waals surface area (Å²) >= 11 is 6.34. The van der Waals surface area contributed by atoms with Crippen LogP contribution in [0.5, 0.6) is 5.88 Å². The van der Waals surface area contributed by atoms with Gasteiger partial charge in [0.05, 0.1) is 23.5 Å².